The Morgan fingerprint density at radius 3 is 1.91 bits per heavy atom. The van der Waals surface area contributed by atoms with Crippen LogP contribution in [-0.4, -0.2) is 37.0 Å². The summed E-state index contributed by atoms with van der Waals surface area (Å²) >= 11 is 0. The Balaban J connectivity index is 2.76. The maximum absolute atomic E-state index is 12.2. The van der Waals surface area contributed by atoms with Crippen molar-refractivity contribution < 1.29 is 45.4 Å². The Morgan fingerprint density at radius 2 is 1.43 bits per heavy atom. The molecule has 0 radical (unpaired) electrons. The van der Waals surface area contributed by atoms with Crippen LogP contribution in [-0.2, 0) is 25.5 Å². The maximum atomic E-state index is 12.2. The Morgan fingerprint density at radius 1 is 0.913 bits per heavy atom. The normalized spacial score (nSPS) is 13.3. The first-order valence-corrected chi connectivity index (χ1v) is 6.06. The summed E-state index contributed by atoms with van der Waals surface area (Å²) in [5, 5.41) is 0. The molecule has 1 unspecified atom stereocenters. The van der Waals surface area contributed by atoms with E-state index < -0.39 is 37.0 Å². The van der Waals surface area contributed by atoms with Gasteiger partial charge in [0, 0.05) is 6.42 Å². The second-order valence-corrected chi connectivity index (χ2v) is 4.31. The third kappa shape index (κ3) is 6.57. The summed E-state index contributed by atoms with van der Waals surface area (Å²) in [5.74, 6) is -5.17. The first-order chi connectivity index (χ1) is 10.5. The molecule has 0 aliphatic rings. The first-order valence-electron chi connectivity index (χ1n) is 6.06. The van der Waals surface area contributed by atoms with Crippen molar-refractivity contribution in [1.82, 2.24) is 0 Å². The molecule has 4 nitrogen and oxygen atoms in total. The number of hydrogen-bond donors (Lipinski definition) is 0. The molecule has 0 aromatic heterocycles. The lowest BCUT2D eigenvalue weighted by Gasteiger charge is -2.19. The lowest BCUT2D eigenvalue weighted by atomic mass is 10.1. The lowest BCUT2D eigenvalue weighted by molar-refractivity contribution is -0.213. The molecule has 0 aliphatic heterocycles. The van der Waals surface area contributed by atoms with Crippen molar-refractivity contribution in [1.29, 1.82) is 0 Å². The standard InChI is InChI=1S/C13H10F6O4/c14-12(15,16)10(20)22-7-9(23-11(21)13(17,18)19)6-8-4-2-1-3-5-8/h1-5,9H,6-7H2. The van der Waals surface area contributed by atoms with Crippen LogP contribution in [0.25, 0.3) is 0 Å². The van der Waals surface area contributed by atoms with Gasteiger partial charge < -0.3 is 9.47 Å². The maximum Gasteiger partial charge on any atom is 0.490 e. The molecule has 0 saturated heterocycles. The third-order valence-electron chi connectivity index (χ3n) is 2.44. The van der Waals surface area contributed by atoms with Crippen molar-refractivity contribution >= 4 is 11.9 Å². The monoisotopic (exact) mass is 344 g/mol. The quantitative estimate of drug-likeness (QED) is 0.609. The van der Waals surface area contributed by atoms with E-state index in [4.69, 9.17) is 0 Å². The zero-order chi connectivity index (χ0) is 17.7. The number of rotatable bonds is 5. The fourth-order valence-corrected chi connectivity index (χ4v) is 1.48. The van der Waals surface area contributed by atoms with Gasteiger partial charge in [0.05, 0.1) is 0 Å². The molecular formula is C13H10F6O4. The summed E-state index contributed by atoms with van der Waals surface area (Å²) in [6, 6.07) is 7.57. The van der Waals surface area contributed by atoms with Crippen molar-refractivity contribution in [2.24, 2.45) is 0 Å². The fourth-order valence-electron chi connectivity index (χ4n) is 1.48. The van der Waals surface area contributed by atoms with Gasteiger partial charge in [-0.2, -0.15) is 26.3 Å². The highest BCUT2D eigenvalue weighted by atomic mass is 19.4. The molecule has 1 atom stereocenters. The van der Waals surface area contributed by atoms with E-state index in [-0.39, 0.29) is 6.42 Å². The third-order valence-corrected chi connectivity index (χ3v) is 2.44. The number of esters is 2. The van der Waals surface area contributed by atoms with Crippen LogP contribution in [0.1, 0.15) is 5.56 Å². The molecule has 0 spiro atoms. The molecular weight excluding hydrogens is 334 g/mol. The van der Waals surface area contributed by atoms with Crippen LogP contribution >= 0.6 is 0 Å². The van der Waals surface area contributed by atoms with Gasteiger partial charge in [-0.1, -0.05) is 30.3 Å². The van der Waals surface area contributed by atoms with Crippen molar-refractivity contribution in [3.8, 4) is 0 Å². The van der Waals surface area contributed by atoms with Crippen molar-refractivity contribution in [2.45, 2.75) is 24.9 Å². The predicted molar refractivity (Wildman–Crippen MR) is 63.1 cm³/mol. The minimum atomic E-state index is -5.32. The molecule has 0 bridgehead atoms. The minimum Gasteiger partial charge on any atom is -0.455 e. The van der Waals surface area contributed by atoms with Crippen LogP contribution in [0.15, 0.2) is 30.3 Å². The Bertz CT molecular complexity index is 538. The van der Waals surface area contributed by atoms with E-state index in [9.17, 15) is 35.9 Å². The smallest absolute Gasteiger partial charge is 0.455 e. The molecule has 0 saturated carbocycles. The number of carbonyl (C=O) groups is 2. The zero-order valence-corrected chi connectivity index (χ0v) is 11.3. The topological polar surface area (TPSA) is 52.6 Å². The van der Waals surface area contributed by atoms with Gasteiger partial charge >= 0.3 is 24.3 Å². The first kappa shape index (κ1) is 18.8. The van der Waals surface area contributed by atoms with Gasteiger partial charge in [0.2, 0.25) is 0 Å². The Labute approximate surface area is 126 Å². The summed E-state index contributed by atoms with van der Waals surface area (Å²) in [5.41, 5.74) is 0.385. The largest absolute Gasteiger partial charge is 0.490 e. The van der Waals surface area contributed by atoms with Gasteiger partial charge in [0.25, 0.3) is 0 Å². The number of benzene rings is 1. The molecule has 0 amide bonds. The molecule has 0 fully saturated rings. The molecule has 0 aliphatic carbocycles. The molecule has 1 rings (SSSR count). The number of halogens is 6. The van der Waals surface area contributed by atoms with Crippen LogP contribution in [0.3, 0.4) is 0 Å². The van der Waals surface area contributed by atoms with Gasteiger partial charge in [-0.15, -0.1) is 0 Å². The summed E-state index contributed by atoms with van der Waals surface area (Å²) < 4.78 is 80.5. The van der Waals surface area contributed by atoms with E-state index in [1.54, 1.807) is 6.07 Å². The van der Waals surface area contributed by atoms with Crippen LogP contribution < -0.4 is 0 Å². The van der Waals surface area contributed by atoms with Crippen LogP contribution in [0.4, 0.5) is 26.3 Å². The van der Waals surface area contributed by atoms with Crippen LogP contribution in [0.5, 0.6) is 0 Å². The van der Waals surface area contributed by atoms with E-state index in [0.717, 1.165) is 0 Å². The number of carbonyl (C=O) groups excluding carboxylic acids is 2. The average molecular weight is 344 g/mol. The molecule has 23 heavy (non-hydrogen) atoms. The molecule has 10 heteroatoms. The van der Waals surface area contributed by atoms with Crippen molar-refractivity contribution in [3.05, 3.63) is 35.9 Å². The fraction of sp³-hybridized carbons (Fsp3) is 0.385. The molecule has 0 heterocycles. The highest BCUT2D eigenvalue weighted by Crippen LogP contribution is 2.20. The number of alkyl halides is 6. The summed E-state index contributed by atoms with van der Waals surface area (Å²) in [6.07, 6.45) is -12.7. The molecule has 0 N–H and O–H groups in total. The van der Waals surface area contributed by atoms with E-state index in [0.29, 0.717) is 5.56 Å². The highest BCUT2D eigenvalue weighted by molar-refractivity contribution is 5.76. The van der Waals surface area contributed by atoms with Gasteiger partial charge in [-0.3, -0.25) is 0 Å². The summed E-state index contributed by atoms with van der Waals surface area (Å²) in [4.78, 5) is 21.4. The molecule has 1 aromatic rings. The summed E-state index contributed by atoms with van der Waals surface area (Å²) in [6.45, 7) is -1.16. The number of ether oxygens (including phenoxy) is 2. The summed E-state index contributed by atoms with van der Waals surface area (Å²) in [7, 11) is 0. The van der Waals surface area contributed by atoms with E-state index in [1.165, 1.54) is 24.3 Å². The Kier molecular flexibility index (Phi) is 5.99. The van der Waals surface area contributed by atoms with Gasteiger partial charge in [-0.05, 0) is 5.56 Å². The highest BCUT2D eigenvalue weighted by Gasteiger charge is 2.44. The predicted octanol–water partition coefficient (Wildman–Crippen LogP) is 2.81. The average Bonchev–Trinajstić information content (AvgIpc) is 2.43. The van der Waals surface area contributed by atoms with Crippen LogP contribution in [0, 0.1) is 0 Å². The zero-order valence-electron chi connectivity index (χ0n) is 11.3. The van der Waals surface area contributed by atoms with Crippen molar-refractivity contribution in [3.63, 3.8) is 0 Å². The Hall–Kier alpha value is -2.26. The van der Waals surface area contributed by atoms with Gasteiger partial charge in [0.1, 0.15) is 12.7 Å². The second kappa shape index (κ2) is 7.34. The second-order valence-electron chi connectivity index (χ2n) is 4.31. The molecule has 128 valence electrons. The van der Waals surface area contributed by atoms with E-state index >= 15 is 0 Å². The SMILES string of the molecule is O=C(OCC(Cc1ccccc1)OC(=O)C(F)(F)F)C(F)(F)F. The minimum absolute atomic E-state index is 0.353. The van der Waals surface area contributed by atoms with Crippen molar-refractivity contribution in [2.75, 3.05) is 6.61 Å². The number of hydrogen-bond acceptors (Lipinski definition) is 4. The van der Waals surface area contributed by atoms with E-state index in [2.05, 4.69) is 9.47 Å². The van der Waals surface area contributed by atoms with E-state index in [1.807, 2.05) is 0 Å². The van der Waals surface area contributed by atoms with Gasteiger partial charge in [-0.25, -0.2) is 9.59 Å². The van der Waals surface area contributed by atoms with Gasteiger partial charge in [0.15, 0.2) is 0 Å². The lowest BCUT2D eigenvalue weighted by Crippen LogP contribution is -2.36. The molecule has 1 aromatic carbocycles. The van der Waals surface area contributed by atoms with Crippen LogP contribution in [0.2, 0.25) is 0 Å².